The van der Waals surface area contributed by atoms with Crippen molar-refractivity contribution in [3.8, 4) is 0 Å². The van der Waals surface area contributed by atoms with Crippen LogP contribution in [0.25, 0.3) is 0 Å². The standard InChI is InChI=1S/C10H17N3/c1-4-9(2)12-10(3)7-13-6-5-11-8-13/h4-6,8-10,12H,1,7H2,2-3H3. The van der Waals surface area contributed by atoms with Crippen molar-refractivity contribution < 1.29 is 0 Å². The average Bonchev–Trinajstić information content (AvgIpc) is 2.56. The maximum absolute atomic E-state index is 3.99. The Hall–Kier alpha value is -1.09. The van der Waals surface area contributed by atoms with E-state index in [1.54, 1.807) is 6.20 Å². The number of aromatic nitrogens is 2. The summed E-state index contributed by atoms with van der Waals surface area (Å²) in [4.78, 5) is 3.99. The predicted molar refractivity (Wildman–Crippen MR) is 54.5 cm³/mol. The Kier molecular flexibility index (Phi) is 3.71. The van der Waals surface area contributed by atoms with E-state index < -0.39 is 0 Å². The molecule has 1 heterocycles. The van der Waals surface area contributed by atoms with Crippen molar-refractivity contribution in [1.82, 2.24) is 14.9 Å². The second-order valence-electron chi connectivity index (χ2n) is 3.35. The van der Waals surface area contributed by atoms with Crippen LogP contribution in [0.5, 0.6) is 0 Å². The highest BCUT2D eigenvalue weighted by atomic mass is 15.1. The molecule has 1 rings (SSSR count). The lowest BCUT2D eigenvalue weighted by Crippen LogP contribution is -2.35. The summed E-state index contributed by atoms with van der Waals surface area (Å²) in [5.41, 5.74) is 0. The highest BCUT2D eigenvalue weighted by Crippen LogP contribution is 1.93. The molecule has 1 N–H and O–H groups in total. The fraction of sp³-hybridized carbons (Fsp3) is 0.500. The van der Waals surface area contributed by atoms with E-state index in [9.17, 15) is 0 Å². The van der Waals surface area contributed by atoms with E-state index in [-0.39, 0.29) is 0 Å². The maximum Gasteiger partial charge on any atom is 0.0946 e. The monoisotopic (exact) mass is 179 g/mol. The zero-order valence-electron chi connectivity index (χ0n) is 8.27. The molecular formula is C10H17N3. The number of rotatable bonds is 5. The van der Waals surface area contributed by atoms with Crippen LogP contribution in [0.3, 0.4) is 0 Å². The van der Waals surface area contributed by atoms with Crippen LogP contribution in [0.1, 0.15) is 13.8 Å². The molecule has 0 aliphatic rings. The van der Waals surface area contributed by atoms with Gasteiger partial charge in [0.2, 0.25) is 0 Å². The van der Waals surface area contributed by atoms with Gasteiger partial charge in [-0.15, -0.1) is 6.58 Å². The number of nitrogens with zero attached hydrogens (tertiary/aromatic N) is 2. The van der Waals surface area contributed by atoms with Gasteiger partial charge in [0.15, 0.2) is 0 Å². The fourth-order valence-corrected chi connectivity index (χ4v) is 1.28. The topological polar surface area (TPSA) is 29.9 Å². The average molecular weight is 179 g/mol. The van der Waals surface area contributed by atoms with Crippen molar-refractivity contribution in [3.63, 3.8) is 0 Å². The fourth-order valence-electron chi connectivity index (χ4n) is 1.28. The third kappa shape index (κ3) is 3.42. The number of imidazole rings is 1. The first-order valence-corrected chi connectivity index (χ1v) is 4.56. The molecule has 3 heteroatoms. The molecule has 13 heavy (non-hydrogen) atoms. The Morgan fingerprint density at radius 1 is 1.62 bits per heavy atom. The molecule has 2 unspecified atom stereocenters. The molecule has 2 atom stereocenters. The zero-order valence-corrected chi connectivity index (χ0v) is 8.27. The summed E-state index contributed by atoms with van der Waals surface area (Å²) in [6, 6.07) is 0.792. The Morgan fingerprint density at radius 3 is 2.92 bits per heavy atom. The molecule has 0 saturated carbocycles. The summed E-state index contributed by atoms with van der Waals surface area (Å²) >= 11 is 0. The lowest BCUT2D eigenvalue weighted by Gasteiger charge is -2.17. The molecule has 0 amide bonds. The molecule has 0 radical (unpaired) electrons. The van der Waals surface area contributed by atoms with Crippen molar-refractivity contribution in [2.24, 2.45) is 0 Å². The molecule has 0 aliphatic heterocycles. The maximum atomic E-state index is 3.99. The molecule has 0 aromatic carbocycles. The SMILES string of the molecule is C=CC(C)NC(C)Cn1ccnc1. The summed E-state index contributed by atoms with van der Waals surface area (Å²) < 4.78 is 2.06. The Balaban J connectivity index is 2.33. The minimum Gasteiger partial charge on any atom is -0.336 e. The van der Waals surface area contributed by atoms with Gasteiger partial charge in [0.1, 0.15) is 0 Å². The van der Waals surface area contributed by atoms with Crippen molar-refractivity contribution in [3.05, 3.63) is 31.4 Å². The molecule has 3 nitrogen and oxygen atoms in total. The van der Waals surface area contributed by atoms with E-state index >= 15 is 0 Å². The van der Waals surface area contributed by atoms with Crippen molar-refractivity contribution in [1.29, 1.82) is 0 Å². The van der Waals surface area contributed by atoms with Crippen LogP contribution in [-0.4, -0.2) is 21.6 Å². The summed E-state index contributed by atoms with van der Waals surface area (Å²) in [5, 5.41) is 3.40. The predicted octanol–water partition coefficient (Wildman–Crippen LogP) is 1.44. The van der Waals surface area contributed by atoms with Gasteiger partial charge in [-0.05, 0) is 13.8 Å². The second kappa shape index (κ2) is 4.82. The van der Waals surface area contributed by atoms with E-state index in [0.717, 1.165) is 6.54 Å². The van der Waals surface area contributed by atoms with Crippen molar-refractivity contribution in [2.75, 3.05) is 0 Å². The second-order valence-corrected chi connectivity index (χ2v) is 3.35. The summed E-state index contributed by atoms with van der Waals surface area (Å²) in [5.74, 6) is 0. The van der Waals surface area contributed by atoms with Gasteiger partial charge in [-0.3, -0.25) is 0 Å². The smallest absolute Gasteiger partial charge is 0.0946 e. The number of hydrogen-bond donors (Lipinski definition) is 1. The van der Waals surface area contributed by atoms with E-state index in [4.69, 9.17) is 0 Å². The molecule has 1 aromatic rings. The highest BCUT2D eigenvalue weighted by Gasteiger charge is 2.04. The van der Waals surface area contributed by atoms with Gasteiger partial charge in [-0.1, -0.05) is 6.08 Å². The lowest BCUT2D eigenvalue weighted by atomic mass is 10.2. The molecule has 0 bridgehead atoms. The largest absolute Gasteiger partial charge is 0.336 e. The van der Waals surface area contributed by atoms with Gasteiger partial charge < -0.3 is 9.88 Å². The van der Waals surface area contributed by atoms with Crippen LogP contribution in [-0.2, 0) is 6.54 Å². The van der Waals surface area contributed by atoms with E-state index in [0.29, 0.717) is 12.1 Å². The van der Waals surface area contributed by atoms with Gasteiger partial charge in [-0.25, -0.2) is 4.98 Å². The van der Waals surface area contributed by atoms with Crippen LogP contribution in [0.4, 0.5) is 0 Å². The van der Waals surface area contributed by atoms with E-state index in [1.807, 2.05) is 18.6 Å². The van der Waals surface area contributed by atoms with Crippen LogP contribution < -0.4 is 5.32 Å². The zero-order chi connectivity index (χ0) is 9.68. The highest BCUT2D eigenvalue weighted by molar-refractivity contribution is 4.84. The van der Waals surface area contributed by atoms with Crippen molar-refractivity contribution >= 4 is 0 Å². The van der Waals surface area contributed by atoms with Gasteiger partial charge in [-0.2, -0.15) is 0 Å². The third-order valence-corrected chi connectivity index (χ3v) is 1.94. The Labute approximate surface area is 79.5 Å². The molecule has 1 aromatic heterocycles. The quantitative estimate of drug-likeness (QED) is 0.693. The third-order valence-electron chi connectivity index (χ3n) is 1.94. The first-order valence-electron chi connectivity index (χ1n) is 4.56. The lowest BCUT2D eigenvalue weighted by molar-refractivity contribution is 0.456. The first kappa shape index (κ1) is 9.99. The summed E-state index contributed by atoms with van der Waals surface area (Å²) in [6.45, 7) is 8.92. The summed E-state index contributed by atoms with van der Waals surface area (Å²) in [7, 11) is 0. The van der Waals surface area contributed by atoms with E-state index in [1.165, 1.54) is 0 Å². The van der Waals surface area contributed by atoms with Crippen LogP contribution in [0, 0.1) is 0 Å². The molecule has 0 fully saturated rings. The Morgan fingerprint density at radius 2 is 2.38 bits per heavy atom. The van der Waals surface area contributed by atoms with Gasteiger partial charge >= 0.3 is 0 Å². The number of nitrogens with one attached hydrogen (secondary N) is 1. The first-order chi connectivity index (χ1) is 6.22. The van der Waals surface area contributed by atoms with Gasteiger partial charge in [0, 0.05) is 31.0 Å². The molecule has 0 aliphatic carbocycles. The van der Waals surface area contributed by atoms with E-state index in [2.05, 4.69) is 35.3 Å². The summed E-state index contributed by atoms with van der Waals surface area (Å²) in [6.07, 6.45) is 7.50. The Bertz CT molecular complexity index is 241. The van der Waals surface area contributed by atoms with Gasteiger partial charge in [0.05, 0.1) is 6.33 Å². The molecule has 0 spiro atoms. The van der Waals surface area contributed by atoms with Crippen LogP contribution in [0.15, 0.2) is 31.4 Å². The minimum absolute atomic E-state index is 0.360. The van der Waals surface area contributed by atoms with Crippen LogP contribution >= 0.6 is 0 Å². The minimum atomic E-state index is 0.360. The number of hydrogen-bond acceptors (Lipinski definition) is 2. The molecular weight excluding hydrogens is 162 g/mol. The van der Waals surface area contributed by atoms with Crippen molar-refractivity contribution in [2.45, 2.75) is 32.5 Å². The molecule has 72 valence electrons. The normalized spacial score (nSPS) is 15.2. The van der Waals surface area contributed by atoms with Crippen LogP contribution in [0.2, 0.25) is 0 Å². The van der Waals surface area contributed by atoms with Gasteiger partial charge in [0.25, 0.3) is 0 Å². The molecule has 0 saturated heterocycles.